The van der Waals surface area contributed by atoms with Gasteiger partial charge < -0.3 is 5.11 Å². The van der Waals surface area contributed by atoms with Gasteiger partial charge in [-0.2, -0.15) is 0 Å². The van der Waals surface area contributed by atoms with Gasteiger partial charge in [-0.05, 0) is 0 Å². The molecule has 1 heterocycles. The van der Waals surface area contributed by atoms with Gasteiger partial charge in [0.2, 0.25) is 11.5 Å². The molecule has 1 amide bonds. The van der Waals surface area contributed by atoms with E-state index >= 15 is 0 Å². The molecule has 12 heavy (non-hydrogen) atoms. The van der Waals surface area contributed by atoms with Gasteiger partial charge in [0, 0.05) is 5.38 Å². The maximum atomic E-state index is 10.3. The number of rotatable bonds is 4. The smallest absolute Gasteiger partial charge is 0.355 e. The fourth-order valence-electron chi connectivity index (χ4n) is 0.521. The van der Waals surface area contributed by atoms with Crippen LogP contribution in [0.15, 0.2) is 5.38 Å². The van der Waals surface area contributed by atoms with Gasteiger partial charge in [0.1, 0.15) is 0 Å². The van der Waals surface area contributed by atoms with E-state index in [0.717, 1.165) is 11.3 Å². The van der Waals surface area contributed by atoms with Crippen molar-refractivity contribution in [3.05, 3.63) is 11.1 Å². The third-order valence-electron chi connectivity index (χ3n) is 0.961. The first kappa shape index (κ1) is 8.47. The van der Waals surface area contributed by atoms with E-state index in [1.807, 2.05) is 0 Å². The Morgan fingerprint density at radius 2 is 2.50 bits per heavy atom. The number of nitrogens with zero attached hydrogens (tertiary/aromatic N) is 1. The van der Waals surface area contributed by atoms with Gasteiger partial charge in [-0.3, -0.25) is 15.6 Å². The second kappa shape index (κ2) is 3.67. The number of carbonyl (C=O) groups excluding carboxylic acids is 1. The molecule has 0 aromatic carbocycles. The fraction of sp³-hybridized carbons (Fsp3) is 0. The molecule has 3 N–H and O–H groups in total. The maximum absolute atomic E-state index is 10.3. The number of carboxylic acid groups (broad SMARTS) is 1. The van der Waals surface area contributed by atoms with E-state index in [4.69, 9.17) is 5.11 Å². The van der Waals surface area contributed by atoms with Crippen LogP contribution in [-0.4, -0.2) is 22.5 Å². The van der Waals surface area contributed by atoms with Crippen molar-refractivity contribution in [3.8, 4) is 0 Å². The number of amides is 1. The Bertz CT molecular complexity index is 298. The topological polar surface area (TPSA) is 91.3 Å². The van der Waals surface area contributed by atoms with Crippen LogP contribution in [0, 0.1) is 0 Å². The van der Waals surface area contributed by atoms with Crippen LogP contribution < -0.4 is 10.9 Å². The highest BCUT2D eigenvalue weighted by atomic mass is 32.1. The SMILES string of the molecule is O=CNNc1nc(C(=O)O)cs1. The van der Waals surface area contributed by atoms with Gasteiger partial charge in [-0.15, -0.1) is 11.3 Å². The van der Waals surface area contributed by atoms with Crippen molar-refractivity contribution in [1.29, 1.82) is 0 Å². The minimum atomic E-state index is -1.09. The van der Waals surface area contributed by atoms with E-state index in [0.29, 0.717) is 11.5 Å². The Kier molecular flexibility index (Phi) is 2.59. The summed E-state index contributed by atoms with van der Waals surface area (Å²) in [6, 6.07) is 0. The predicted octanol–water partition coefficient (Wildman–Crippen LogP) is -0.0858. The highest BCUT2D eigenvalue weighted by Crippen LogP contribution is 2.13. The minimum absolute atomic E-state index is 0.0461. The van der Waals surface area contributed by atoms with E-state index in [-0.39, 0.29) is 5.69 Å². The summed E-state index contributed by atoms with van der Waals surface area (Å²) < 4.78 is 0. The van der Waals surface area contributed by atoms with Crippen LogP contribution in [0.1, 0.15) is 10.5 Å². The molecule has 0 unspecified atom stereocenters. The van der Waals surface area contributed by atoms with Crippen LogP contribution in [0.2, 0.25) is 0 Å². The van der Waals surface area contributed by atoms with Crippen molar-refractivity contribution >= 4 is 28.8 Å². The number of aromatic carboxylic acids is 1. The summed E-state index contributed by atoms with van der Waals surface area (Å²) in [6.45, 7) is 0. The molecule has 0 spiro atoms. The lowest BCUT2D eigenvalue weighted by molar-refractivity contribution is -0.109. The highest BCUT2D eigenvalue weighted by Gasteiger charge is 2.07. The quantitative estimate of drug-likeness (QED) is 0.452. The van der Waals surface area contributed by atoms with Crippen molar-refractivity contribution < 1.29 is 14.7 Å². The van der Waals surface area contributed by atoms with Gasteiger partial charge in [0.15, 0.2) is 5.69 Å². The summed E-state index contributed by atoms with van der Waals surface area (Å²) in [5.74, 6) is -1.09. The molecule has 64 valence electrons. The first-order valence-corrected chi connectivity index (χ1v) is 3.76. The lowest BCUT2D eigenvalue weighted by Gasteiger charge is -1.95. The normalized spacial score (nSPS) is 9.00. The summed E-state index contributed by atoms with van der Waals surface area (Å²) in [4.78, 5) is 23.8. The van der Waals surface area contributed by atoms with Crippen LogP contribution in [0.25, 0.3) is 0 Å². The summed E-state index contributed by atoms with van der Waals surface area (Å²) in [7, 11) is 0. The van der Waals surface area contributed by atoms with Crippen molar-refractivity contribution in [2.75, 3.05) is 5.43 Å². The summed E-state index contributed by atoms with van der Waals surface area (Å²) in [5, 5.41) is 10.2. The molecule has 0 saturated carbocycles. The number of thiazole rings is 1. The third-order valence-corrected chi connectivity index (χ3v) is 1.72. The molecule has 7 heteroatoms. The number of aromatic nitrogens is 1. The number of hydrogen-bond donors (Lipinski definition) is 3. The van der Waals surface area contributed by atoms with Crippen molar-refractivity contribution in [2.45, 2.75) is 0 Å². The average molecular weight is 187 g/mol. The molecule has 0 atom stereocenters. The molecule has 0 saturated heterocycles. The first-order chi connectivity index (χ1) is 5.74. The average Bonchev–Trinajstić information content (AvgIpc) is 2.48. The van der Waals surface area contributed by atoms with Crippen molar-refractivity contribution in [1.82, 2.24) is 10.4 Å². The van der Waals surface area contributed by atoms with E-state index < -0.39 is 5.97 Å². The summed E-state index contributed by atoms with van der Waals surface area (Å²) >= 11 is 1.09. The maximum Gasteiger partial charge on any atom is 0.355 e. The Hall–Kier alpha value is -1.63. The standard InChI is InChI=1S/C5H5N3O3S/c9-2-6-8-5-7-3(1-12-5)4(10)11/h1-2H,(H,6,9)(H,7,8)(H,10,11). The highest BCUT2D eigenvalue weighted by molar-refractivity contribution is 7.13. The zero-order chi connectivity index (χ0) is 8.97. The molecule has 0 bridgehead atoms. The summed E-state index contributed by atoms with van der Waals surface area (Å²) in [5.41, 5.74) is 4.49. The van der Waals surface area contributed by atoms with E-state index in [1.54, 1.807) is 0 Å². The molecular weight excluding hydrogens is 182 g/mol. The van der Waals surface area contributed by atoms with Gasteiger partial charge in [-0.25, -0.2) is 9.78 Å². The predicted molar refractivity (Wildman–Crippen MR) is 41.9 cm³/mol. The molecule has 1 rings (SSSR count). The number of hydrogen-bond acceptors (Lipinski definition) is 5. The Morgan fingerprint density at radius 3 is 3.00 bits per heavy atom. The molecule has 6 nitrogen and oxygen atoms in total. The van der Waals surface area contributed by atoms with Crippen LogP contribution in [0.3, 0.4) is 0 Å². The van der Waals surface area contributed by atoms with Gasteiger partial charge >= 0.3 is 5.97 Å². The second-order valence-electron chi connectivity index (χ2n) is 1.73. The molecule has 1 aromatic heterocycles. The van der Waals surface area contributed by atoms with Crippen LogP contribution in [0.4, 0.5) is 5.13 Å². The molecular formula is C5H5N3O3S. The summed E-state index contributed by atoms with van der Waals surface area (Å²) in [6.07, 6.45) is 0.432. The van der Waals surface area contributed by atoms with Crippen LogP contribution >= 0.6 is 11.3 Å². The number of hydrazine groups is 1. The zero-order valence-electron chi connectivity index (χ0n) is 5.77. The van der Waals surface area contributed by atoms with E-state index in [2.05, 4.69) is 15.8 Å². The largest absolute Gasteiger partial charge is 0.476 e. The van der Waals surface area contributed by atoms with Crippen molar-refractivity contribution in [2.24, 2.45) is 0 Å². The minimum Gasteiger partial charge on any atom is -0.476 e. The Morgan fingerprint density at radius 1 is 1.75 bits per heavy atom. The van der Waals surface area contributed by atoms with Crippen LogP contribution in [-0.2, 0) is 4.79 Å². The first-order valence-electron chi connectivity index (χ1n) is 2.88. The molecule has 0 fully saturated rings. The van der Waals surface area contributed by atoms with E-state index in [9.17, 15) is 9.59 Å². The molecule has 0 aliphatic carbocycles. The zero-order valence-corrected chi connectivity index (χ0v) is 6.59. The second-order valence-corrected chi connectivity index (χ2v) is 2.59. The third kappa shape index (κ3) is 1.92. The lowest BCUT2D eigenvalue weighted by atomic mass is 10.5. The number of carbonyl (C=O) groups is 2. The van der Waals surface area contributed by atoms with Gasteiger partial charge in [0.05, 0.1) is 0 Å². The Balaban J connectivity index is 2.64. The molecule has 0 radical (unpaired) electrons. The molecule has 0 aliphatic rings. The monoisotopic (exact) mass is 187 g/mol. The van der Waals surface area contributed by atoms with E-state index in [1.165, 1.54) is 5.38 Å². The molecule has 1 aromatic rings. The van der Waals surface area contributed by atoms with Crippen molar-refractivity contribution in [3.63, 3.8) is 0 Å². The number of anilines is 1. The molecule has 0 aliphatic heterocycles. The Labute approximate surface area is 71.2 Å². The van der Waals surface area contributed by atoms with Gasteiger partial charge in [0.25, 0.3) is 0 Å². The van der Waals surface area contributed by atoms with Crippen LogP contribution in [0.5, 0.6) is 0 Å². The number of nitrogens with one attached hydrogen (secondary N) is 2. The lowest BCUT2D eigenvalue weighted by Crippen LogP contribution is -2.18. The fourth-order valence-corrected chi connectivity index (χ4v) is 1.17. The number of carboxylic acids is 1. The van der Waals surface area contributed by atoms with Gasteiger partial charge in [-0.1, -0.05) is 0 Å².